The number of urea groups is 1. The lowest BCUT2D eigenvalue weighted by Crippen LogP contribution is -2.38. The fourth-order valence-electron chi connectivity index (χ4n) is 2.57. The molecule has 0 unspecified atom stereocenters. The fourth-order valence-corrected chi connectivity index (χ4v) is 2.57. The second-order valence-corrected chi connectivity index (χ2v) is 4.21. The first kappa shape index (κ1) is 10.1. The van der Waals surface area contributed by atoms with E-state index < -0.39 is 12.0 Å². The van der Waals surface area contributed by atoms with E-state index in [1.807, 2.05) is 24.3 Å². The van der Waals surface area contributed by atoms with Crippen LogP contribution in [0.3, 0.4) is 0 Å². The topological polar surface area (TPSA) is 58.6 Å². The van der Waals surface area contributed by atoms with E-state index in [2.05, 4.69) is 5.32 Å². The number of amides is 2. The number of carbonyl (C=O) groups excluding carboxylic acids is 2. The molecular weight excluding hydrogens is 220 g/mol. The van der Waals surface area contributed by atoms with Crippen molar-refractivity contribution in [1.82, 2.24) is 10.2 Å². The summed E-state index contributed by atoms with van der Waals surface area (Å²) in [4.78, 5) is 25.1. The third-order valence-corrected chi connectivity index (χ3v) is 3.34. The first-order valence-corrected chi connectivity index (χ1v) is 5.46. The number of fused-ring (bicyclic) bond motifs is 4. The zero-order valence-corrected chi connectivity index (χ0v) is 9.34. The third-order valence-electron chi connectivity index (χ3n) is 3.34. The van der Waals surface area contributed by atoms with E-state index in [0.29, 0.717) is 6.54 Å². The number of nitrogens with zero attached hydrogens (tertiary/aromatic N) is 1. The van der Waals surface area contributed by atoms with Crippen LogP contribution in [0.2, 0.25) is 0 Å². The molecule has 2 heterocycles. The number of nitrogens with one attached hydrogen (secondary N) is 1. The summed E-state index contributed by atoms with van der Waals surface area (Å²) in [6.45, 7) is 0.523. The molecule has 1 aromatic carbocycles. The standard InChI is InChI=1S/C12H12N2O3/c1-17-11(15)10-8-5-3-2-4-7(8)9-6-14(10)12(16)13-9/h2-5,9-10H,6H2,1H3,(H,13,16)/t9-,10-/m1/s1. The van der Waals surface area contributed by atoms with Gasteiger partial charge in [-0.25, -0.2) is 9.59 Å². The Kier molecular flexibility index (Phi) is 2.07. The first-order valence-electron chi connectivity index (χ1n) is 5.46. The maximum absolute atomic E-state index is 11.8. The van der Waals surface area contributed by atoms with E-state index in [-0.39, 0.29) is 12.1 Å². The predicted molar refractivity (Wildman–Crippen MR) is 59.2 cm³/mol. The van der Waals surface area contributed by atoms with Gasteiger partial charge in [-0.1, -0.05) is 24.3 Å². The largest absolute Gasteiger partial charge is 0.467 e. The monoisotopic (exact) mass is 232 g/mol. The lowest BCUT2D eigenvalue weighted by molar-refractivity contribution is -0.146. The van der Waals surface area contributed by atoms with Crippen LogP contribution in [0.4, 0.5) is 4.79 Å². The number of ether oxygens (including phenoxy) is 1. The van der Waals surface area contributed by atoms with Crippen LogP contribution in [0.5, 0.6) is 0 Å². The Morgan fingerprint density at radius 1 is 1.41 bits per heavy atom. The lowest BCUT2D eigenvalue weighted by Gasteiger charge is -2.30. The van der Waals surface area contributed by atoms with Gasteiger partial charge in [0.2, 0.25) is 0 Å². The molecule has 0 radical (unpaired) electrons. The van der Waals surface area contributed by atoms with Crippen LogP contribution in [0.15, 0.2) is 24.3 Å². The van der Waals surface area contributed by atoms with Gasteiger partial charge in [-0.3, -0.25) is 0 Å². The maximum atomic E-state index is 11.8. The predicted octanol–water partition coefficient (Wildman–Crippen LogP) is 0.981. The fraction of sp³-hybridized carbons (Fsp3) is 0.333. The van der Waals surface area contributed by atoms with Crippen LogP contribution in [-0.4, -0.2) is 30.6 Å². The Balaban J connectivity index is 2.14. The van der Waals surface area contributed by atoms with Crippen LogP contribution in [-0.2, 0) is 9.53 Å². The molecule has 88 valence electrons. The second-order valence-electron chi connectivity index (χ2n) is 4.21. The quantitative estimate of drug-likeness (QED) is 0.734. The molecule has 2 aliphatic heterocycles. The summed E-state index contributed by atoms with van der Waals surface area (Å²) in [5, 5.41) is 2.86. The SMILES string of the molecule is COC(=O)[C@H]1c2ccccc2[C@H]2CN1C(=O)N2. The van der Waals surface area contributed by atoms with Gasteiger partial charge in [0.25, 0.3) is 0 Å². The Morgan fingerprint density at radius 3 is 2.82 bits per heavy atom. The summed E-state index contributed by atoms with van der Waals surface area (Å²) >= 11 is 0. The van der Waals surface area contributed by atoms with Gasteiger partial charge in [0.1, 0.15) is 0 Å². The highest BCUT2D eigenvalue weighted by atomic mass is 16.5. The van der Waals surface area contributed by atoms with Crippen molar-refractivity contribution < 1.29 is 14.3 Å². The molecule has 1 fully saturated rings. The molecule has 5 nitrogen and oxygen atoms in total. The number of methoxy groups -OCH3 is 1. The molecule has 0 aromatic heterocycles. The average Bonchev–Trinajstić information content (AvgIpc) is 2.68. The summed E-state index contributed by atoms with van der Waals surface area (Å²) < 4.78 is 4.78. The molecule has 17 heavy (non-hydrogen) atoms. The van der Waals surface area contributed by atoms with Gasteiger partial charge in [0.05, 0.1) is 13.2 Å². The Morgan fingerprint density at radius 2 is 2.12 bits per heavy atom. The van der Waals surface area contributed by atoms with Gasteiger partial charge in [0, 0.05) is 6.54 Å². The molecule has 1 N–H and O–H groups in total. The van der Waals surface area contributed by atoms with Crippen LogP contribution < -0.4 is 5.32 Å². The molecule has 0 aliphatic carbocycles. The number of hydrogen-bond donors (Lipinski definition) is 1. The van der Waals surface area contributed by atoms with Gasteiger partial charge in [-0.15, -0.1) is 0 Å². The van der Waals surface area contributed by atoms with Gasteiger partial charge in [-0.2, -0.15) is 0 Å². The normalized spacial score (nSPS) is 25.2. The molecule has 2 atom stereocenters. The summed E-state index contributed by atoms with van der Waals surface area (Å²) in [7, 11) is 1.34. The van der Waals surface area contributed by atoms with Crippen LogP contribution in [0.25, 0.3) is 0 Å². The van der Waals surface area contributed by atoms with Crippen molar-refractivity contribution in [1.29, 1.82) is 0 Å². The second kappa shape index (κ2) is 3.48. The van der Waals surface area contributed by atoms with Gasteiger partial charge in [-0.05, 0) is 11.1 Å². The Bertz CT molecular complexity index is 500. The zero-order valence-electron chi connectivity index (χ0n) is 9.34. The third kappa shape index (κ3) is 1.32. The van der Waals surface area contributed by atoms with Crippen molar-refractivity contribution in [3.63, 3.8) is 0 Å². The first-order chi connectivity index (χ1) is 8.22. The lowest BCUT2D eigenvalue weighted by atomic mass is 9.91. The minimum atomic E-state index is -0.616. The van der Waals surface area contributed by atoms with Crippen LogP contribution in [0, 0.1) is 0 Å². The maximum Gasteiger partial charge on any atom is 0.333 e. The van der Waals surface area contributed by atoms with Crippen molar-refractivity contribution in [2.45, 2.75) is 12.1 Å². The van der Waals surface area contributed by atoms with Gasteiger partial charge < -0.3 is 15.0 Å². The summed E-state index contributed by atoms with van der Waals surface area (Å²) in [5.41, 5.74) is 1.86. The summed E-state index contributed by atoms with van der Waals surface area (Å²) in [6, 6.07) is 6.75. The Hall–Kier alpha value is -2.04. The van der Waals surface area contributed by atoms with Crippen LogP contribution >= 0.6 is 0 Å². The smallest absolute Gasteiger partial charge is 0.333 e. The summed E-state index contributed by atoms with van der Waals surface area (Å²) in [6.07, 6.45) is 0. The summed E-state index contributed by atoms with van der Waals surface area (Å²) in [5.74, 6) is -0.395. The average molecular weight is 232 g/mol. The molecule has 0 spiro atoms. The number of esters is 1. The minimum absolute atomic E-state index is 0.0143. The molecule has 1 saturated heterocycles. The van der Waals surface area contributed by atoms with E-state index in [1.54, 1.807) is 0 Å². The molecule has 3 rings (SSSR count). The molecular formula is C12H12N2O3. The highest BCUT2D eigenvalue weighted by Crippen LogP contribution is 2.38. The van der Waals surface area contributed by atoms with Crippen molar-refractivity contribution >= 4 is 12.0 Å². The van der Waals surface area contributed by atoms with Crippen molar-refractivity contribution in [2.75, 3.05) is 13.7 Å². The molecule has 2 bridgehead atoms. The van der Waals surface area contributed by atoms with E-state index in [0.717, 1.165) is 11.1 Å². The van der Waals surface area contributed by atoms with Gasteiger partial charge in [0.15, 0.2) is 6.04 Å². The van der Waals surface area contributed by atoms with Gasteiger partial charge >= 0.3 is 12.0 Å². The number of carbonyl (C=O) groups is 2. The molecule has 2 aliphatic rings. The van der Waals surface area contributed by atoms with Crippen LogP contribution in [0.1, 0.15) is 23.2 Å². The van der Waals surface area contributed by atoms with E-state index in [4.69, 9.17) is 4.74 Å². The molecule has 1 aromatic rings. The highest BCUT2D eigenvalue weighted by Gasteiger charge is 2.45. The minimum Gasteiger partial charge on any atom is -0.467 e. The van der Waals surface area contributed by atoms with E-state index in [9.17, 15) is 9.59 Å². The van der Waals surface area contributed by atoms with Crippen molar-refractivity contribution in [3.05, 3.63) is 35.4 Å². The van der Waals surface area contributed by atoms with E-state index >= 15 is 0 Å². The van der Waals surface area contributed by atoms with Crippen molar-refractivity contribution in [3.8, 4) is 0 Å². The molecule has 0 saturated carbocycles. The Labute approximate surface area is 98.4 Å². The number of rotatable bonds is 1. The van der Waals surface area contributed by atoms with E-state index in [1.165, 1.54) is 12.0 Å². The number of hydrogen-bond acceptors (Lipinski definition) is 3. The zero-order chi connectivity index (χ0) is 12.0. The highest BCUT2D eigenvalue weighted by molar-refractivity contribution is 5.88. The number of benzene rings is 1. The molecule has 2 amide bonds. The molecule has 5 heteroatoms. The van der Waals surface area contributed by atoms with Crippen molar-refractivity contribution in [2.24, 2.45) is 0 Å².